The van der Waals surface area contributed by atoms with Gasteiger partial charge in [0.2, 0.25) is 0 Å². The molecule has 0 unspecified atom stereocenters. The summed E-state index contributed by atoms with van der Waals surface area (Å²) in [5, 5.41) is 2.95. The summed E-state index contributed by atoms with van der Waals surface area (Å²) < 4.78 is 7.42. The van der Waals surface area contributed by atoms with Gasteiger partial charge in [0, 0.05) is 31.1 Å². The van der Waals surface area contributed by atoms with Crippen LogP contribution in [0.5, 0.6) is 0 Å². The molecule has 1 aliphatic rings. The van der Waals surface area contributed by atoms with Crippen LogP contribution in [0.2, 0.25) is 0 Å². The third-order valence-electron chi connectivity index (χ3n) is 4.30. The standard InChI is InChI=1S/C19H19N3O2/c23-19(20-11-16-7-4-10-24-16)15-8-9-18-21-17(13-22(18)12-15)14-5-2-1-3-6-14/h1-3,5-6,8-9,12-13,16H,4,7,10-11H2,(H,20,23)/t16-/m0/s1. The van der Waals surface area contributed by atoms with E-state index in [0.29, 0.717) is 12.1 Å². The molecule has 5 nitrogen and oxygen atoms in total. The van der Waals surface area contributed by atoms with Gasteiger partial charge in [0.15, 0.2) is 0 Å². The lowest BCUT2D eigenvalue weighted by Gasteiger charge is -2.10. The molecule has 0 spiro atoms. The number of aromatic nitrogens is 2. The average Bonchev–Trinajstić information content (AvgIpc) is 3.29. The third-order valence-corrected chi connectivity index (χ3v) is 4.30. The number of carbonyl (C=O) groups excluding carboxylic acids is 1. The second kappa shape index (κ2) is 6.45. The van der Waals surface area contributed by atoms with Gasteiger partial charge in [0.1, 0.15) is 5.65 Å². The molecule has 1 aromatic carbocycles. The van der Waals surface area contributed by atoms with Crippen molar-refractivity contribution in [3.8, 4) is 11.3 Å². The Kier molecular flexibility index (Phi) is 4.01. The fourth-order valence-electron chi connectivity index (χ4n) is 2.99. The minimum atomic E-state index is -0.0811. The predicted octanol–water partition coefficient (Wildman–Crippen LogP) is 2.91. The lowest BCUT2D eigenvalue weighted by Crippen LogP contribution is -2.31. The summed E-state index contributed by atoms with van der Waals surface area (Å²) in [5.41, 5.74) is 3.40. The largest absolute Gasteiger partial charge is 0.376 e. The molecule has 3 heterocycles. The molecule has 122 valence electrons. The van der Waals surface area contributed by atoms with E-state index in [0.717, 1.165) is 36.4 Å². The van der Waals surface area contributed by atoms with Crippen LogP contribution < -0.4 is 5.32 Å². The van der Waals surface area contributed by atoms with Crippen LogP contribution in [-0.2, 0) is 4.74 Å². The normalized spacial score (nSPS) is 17.2. The highest BCUT2D eigenvalue weighted by Crippen LogP contribution is 2.19. The molecule has 0 bridgehead atoms. The van der Waals surface area contributed by atoms with Crippen molar-refractivity contribution in [1.82, 2.24) is 14.7 Å². The summed E-state index contributed by atoms with van der Waals surface area (Å²) in [6.45, 7) is 1.36. The van der Waals surface area contributed by atoms with Gasteiger partial charge < -0.3 is 14.5 Å². The van der Waals surface area contributed by atoms with Crippen molar-refractivity contribution < 1.29 is 9.53 Å². The molecule has 1 fully saturated rings. The van der Waals surface area contributed by atoms with Crippen LogP contribution in [-0.4, -0.2) is 34.5 Å². The van der Waals surface area contributed by atoms with Crippen molar-refractivity contribution in [2.45, 2.75) is 18.9 Å². The van der Waals surface area contributed by atoms with Crippen molar-refractivity contribution in [3.05, 3.63) is 60.4 Å². The van der Waals surface area contributed by atoms with Gasteiger partial charge in [-0.2, -0.15) is 0 Å². The number of rotatable bonds is 4. The maximum atomic E-state index is 12.3. The lowest BCUT2D eigenvalue weighted by atomic mass is 10.2. The van der Waals surface area contributed by atoms with Crippen molar-refractivity contribution in [2.24, 2.45) is 0 Å². The molecule has 1 saturated heterocycles. The molecule has 2 aromatic heterocycles. The van der Waals surface area contributed by atoms with Gasteiger partial charge in [-0.15, -0.1) is 0 Å². The average molecular weight is 321 g/mol. The Balaban J connectivity index is 1.53. The van der Waals surface area contributed by atoms with E-state index in [1.165, 1.54) is 0 Å². The summed E-state index contributed by atoms with van der Waals surface area (Å²) >= 11 is 0. The summed E-state index contributed by atoms with van der Waals surface area (Å²) in [6.07, 6.45) is 6.00. The Labute approximate surface area is 140 Å². The lowest BCUT2D eigenvalue weighted by molar-refractivity contribution is 0.0857. The molecular formula is C19H19N3O2. The van der Waals surface area contributed by atoms with E-state index in [4.69, 9.17) is 4.74 Å². The van der Waals surface area contributed by atoms with Gasteiger partial charge in [-0.1, -0.05) is 30.3 Å². The van der Waals surface area contributed by atoms with Crippen LogP contribution in [0.25, 0.3) is 16.9 Å². The maximum Gasteiger partial charge on any atom is 0.252 e. The van der Waals surface area contributed by atoms with Crippen LogP contribution in [0, 0.1) is 0 Å². The van der Waals surface area contributed by atoms with Gasteiger partial charge in [-0.25, -0.2) is 4.98 Å². The maximum absolute atomic E-state index is 12.3. The van der Waals surface area contributed by atoms with Gasteiger partial charge in [-0.05, 0) is 25.0 Å². The second-order valence-corrected chi connectivity index (χ2v) is 6.02. The molecule has 24 heavy (non-hydrogen) atoms. The summed E-state index contributed by atoms with van der Waals surface area (Å²) in [6, 6.07) is 13.7. The van der Waals surface area contributed by atoms with E-state index >= 15 is 0 Å². The Morgan fingerprint density at radius 2 is 2.08 bits per heavy atom. The molecule has 1 aliphatic heterocycles. The van der Waals surface area contributed by atoms with Crippen LogP contribution in [0.3, 0.4) is 0 Å². The molecule has 1 amide bonds. The van der Waals surface area contributed by atoms with E-state index < -0.39 is 0 Å². The number of hydrogen-bond donors (Lipinski definition) is 1. The van der Waals surface area contributed by atoms with Crippen LogP contribution >= 0.6 is 0 Å². The molecule has 0 saturated carbocycles. The first kappa shape index (κ1) is 14.9. The van der Waals surface area contributed by atoms with Gasteiger partial charge in [0.05, 0.1) is 17.4 Å². The molecule has 0 radical (unpaired) electrons. The van der Waals surface area contributed by atoms with E-state index in [-0.39, 0.29) is 12.0 Å². The second-order valence-electron chi connectivity index (χ2n) is 6.02. The molecule has 1 atom stereocenters. The highest BCUT2D eigenvalue weighted by molar-refractivity contribution is 5.94. The van der Waals surface area contributed by atoms with Crippen molar-refractivity contribution in [1.29, 1.82) is 0 Å². The summed E-state index contributed by atoms with van der Waals surface area (Å²) in [7, 11) is 0. The quantitative estimate of drug-likeness (QED) is 0.804. The fraction of sp³-hybridized carbons (Fsp3) is 0.263. The minimum absolute atomic E-state index is 0.0811. The summed E-state index contributed by atoms with van der Waals surface area (Å²) in [5.74, 6) is -0.0811. The number of ether oxygens (including phenoxy) is 1. The first-order valence-corrected chi connectivity index (χ1v) is 8.23. The molecule has 3 aromatic rings. The smallest absolute Gasteiger partial charge is 0.252 e. The van der Waals surface area contributed by atoms with Crippen molar-refractivity contribution >= 4 is 11.6 Å². The van der Waals surface area contributed by atoms with E-state index in [2.05, 4.69) is 10.3 Å². The SMILES string of the molecule is O=C(NC[C@@H]1CCCO1)c1ccc2nc(-c3ccccc3)cn2c1. The Bertz CT molecular complexity index is 851. The number of hydrogen-bond acceptors (Lipinski definition) is 3. The zero-order valence-electron chi connectivity index (χ0n) is 13.3. The van der Waals surface area contributed by atoms with Crippen molar-refractivity contribution in [2.75, 3.05) is 13.2 Å². The number of fused-ring (bicyclic) bond motifs is 1. The number of nitrogens with one attached hydrogen (secondary N) is 1. The molecular weight excluding hydrogens is 302 g/mol. The molecule has 1 N–H and O–H groups in total. The first-order valence-electron chi connectivity index (χ1n) is 8.23. The van der Waals surface area contributed by atoms with E-state index in [1.54, 1.807) is 0 Å². The number of benzene rings is 1. The fourth-order valence-corrected chi connectivity index (χ4v) is 2.99. The minimum Gasteiger partial charge on any atom is -0.376 e. The van der Waals surface area contributed by atoms with E-state index in [1.807, 2.05) is 59.3 Å². The Morgan fingerprint density at radius 1 is 1.21 bits per heavy atom. The number of carbonyl (C=O) groups is 1. The monoisotopic (exact) mass is 321 g/mol. The topological polar surface area (TPSA) is 55.6 Å². The zero-order valence-corrected chi connectivity index (χ0v) is 13.3. The van der Waals surface area contributed by atoms with Gasteiger partial charge in [0.25, 0.3) is 5.91 Å². The van der Waals surface area contributed by atoms with Gasteiger partial charge >= 0.3 is 0 Å². The molecule has 5 heteroatoms. The van der Waals surface area contributed by atoms with Gasteiger partial charge in [-0.3, -0.25) is 4.79 Å². The Morgan fingerprint density at radius 3 is 2.88 bits per heavy atom. The van der Waals surface area contributed by atoms with Crippen LogP contribution in [0.4, 0.5) is 0 Å². The number of nitrogens with zero attached hydrogens (tertiary/aromatic N) is 2. The summed E-state index contributed by atoms with van der Waals surface area (Å²) in [4.78, 5) is 16.9. The van der Waals surface area contributed by atoms with E-state index in [9.17, 15) is 4.79 Å². The first-order chi connectivity index (χ1) is 11.8. The number of amides is 1. The van der Waals surface area contributed by atoms with Crippen LogP contribution in [0.1, 0.15) is 23.2 Å². The Hall–Kier alpha value is -2.66. The highest BCUT2D eigenvalue weighted by Gasteiger charge is 2.17. The number of pyridine rings is 1. The predicted molar refractivity (Wildman–Crippen MR) is 91.9 cm³/mol. The zero-order chi connectivity index (χ0) is 16.4. The number of imidazole rings is 1. The van der Waals surface area contributed by atoms with Crippen molar-refractivity contribution in [3.63, 3.8) is 0 Å². The molecule has 4 rings (SSSR count). The highest BCUT2D eigenvalue weighted by atomic mass is 16.5. The molecule has 0 aliphatic carbocycles. The third kappa shape index (κ3) is 3.03. The van der Waals surface area contributed by atoms with Crippen LogP contribution in [0.15, 0.2) is 54.9 Å².